The number of nitrogens with zero attached hydrogens (tertiary/aromatic N) is 1. The molecule has 0 aromatic carbocycles. The predicted molar refractivity (Wildman–Crippen MR) is 72.6 cm³/mol. The molecule has 1 nitrogen and oxygen atoms in total. The minimum absolute atomic E-state index is 0. The molecule has 0 bridgehead atoms. The zero-order valence-electron chi connectivity index (χ0n) is 12.0. The molecule has 0 atom stereocenters. The van der Waals surface area contributed by atoms with Crippen LogP contribution in [-0.4, -0.2) is 31.2 Å². The maximum Gasteiger partial charge on any atom is 0.0784 e. The van der Waals surface area contributed by atoms with E-state index in [1.807, 2.05) is 0 Å². The molecule has 1 fully saturated rings. The molecular formula is C15H32ClN. The van der Waals surface area contributed by atoms with Gasteiger partial charge in [0.15, 0.2) is 0 Å². The zero-order chi connectivity index (χ0) is 11.7. The van der Waals surface area contributed by atoms with E-state index in [-0.39, 0.29) is 12.4 Å². The summed E-state index contributed by atoms with van der Waals surface area (Å²) >= 11 is 0. The molecule has 104 valence electrons. The molecule has 1 rings (SSSR count). The van der Waals surface area contributed by atoms with Gasteiger partial charge in [-0.3, -0.25) is 0 Å². The number of unbranched alkanes of at least 4 members (excludes halogenated alkanes) is 6. The molecule has 0 saturated carbocycles. The van der Waals surface area contributed by atoms with Crippen molar-refractivity contribution in [1.29, 1.82) is 0 Å². The summed E-state index contributed by atoms with van der Waals surface area (Å²) in [6.07, 6.45) is 14.5. The van der Waals surface area contributed by atoms with Gasteiger partial charge in [0.25, 0.3) is 0 Å². The van der Waals surface area contributed by atoms with Gasteiger partial charge in [-0.2, -0.15) is 0 Å². The number of piperidine rings is 1. The van der Waals surface area contributed by atoms with Crippen LogP contribution in [0.2, 0.25) is 0 Å². The first-order valence-corrected chi connectivity index (χ1v) is 7.60. The Morgan fingerprint density at radius 2 is 1.29 bits per heavy atom. The lowest BCUT2D eigenvalue weighted by molar-refractivity contribution is -0.914. The molecule has 2 heteroatoms. The second-order valence-electron chi connectivity index (χ2n) is 5.97. The fraction of sp³-hybridized carbons (Fsp3) is 1.00. The molecule has 1 saturated heterocycles. The number of halogens is 1. The summed E-state index contributed by atoms with van der Waals surface area (Å²) in [5.74, 6) is 0. The van der Waals surface area contributed by atoms with Crippen LogP contribution in [0.15, 0.2) is 0 Å². The van der Waals surface area contributed by atoms with Gasteiger partial charge >= 0.3 is 0 Å². The number of likely N-dealkylation sites (tertiary alicyclic amines) is 1. The van der Waals surface area contributed by atoms with Crippen LogP contribution in [0.5, 0.6) is 0 Å². The molecule has 0 spiro atoms. The van der Waals surface area contributed by atoms with Crippen molar-refractivity contribution in [3.8, 4) is 0 Å². The van der Waals surface area contributed by atoms with Crippen molar-refractivity contribution >= 4 is 0 Å². The van der Waals surface area contributed by atoms with Gasteiger partial charge in [-0.25, -0.2) is 0 Å². The number of hydrogen-bond donors (Lipinski definition) is 0. The summed E-state index contributed by atoms with van der Waals surface area (Å²) in [4.78, 5) is 0. The molecule has 1 aliphatic heterocycles. The Bertz CT molecular complexity index is 164. The highest BCUT2D eigenvalue weighted by atomic mass is 35.5. The third-order valence-electron chi connectivity index (χ3n) is 4.20. The van der Waals surface area contributed by atoms with Gasteiger partial charge in [-0.15, -0.1) is 0 Å². The standard InChI is InChI=1S/C15H32N.ClH/c1-3-4-5-6-7-8-10-13-16(2)14-11-9-12-15-16;/h3-15H2,1-2H3;1H/q+1;/p-1. The van der Waals surface area contributed by atoms with Crippen molar-refractivity contribution in [1.82, 2.24) is 0 Å². The minimum Gasteiger partial charge on any atom is -1.00 e. The number of quaternary nitrogens is 1. The second kappa shape index (κ2) is 10.2. The fourth-order valence-electron chi connectivity index (χ4n) is 2.95. The molecule has 0 N–H and O–H groups in total. The largest absolute Gasteiger partial charge is 1.00 e. The van der Waals surface area contributed by atoms with E-state index < -0.39 is 0 Å². The maximum absolute atomic E-state index is 2.47. The third-order valence-corrected chi connectivity index (χ3v) is 4.20. The normalized spacial score (nSPS) is 18.7. The lowest BCUT2D eigenvalue weighted by Gasteiger charge is -2.37. The van der Waals surface area contributed by atoms with E-state index in [0.717, 1.165) is 0 Å². The first kappa shape index (κ1) is 17.2. The number of rotatable bonds is 8. The summed E-state index contributed by atoms with van der Waals surface area (Å²) in [7, 11) is 2.47. The van der Waals surface area contributed by atoms with Crippen molar-refractivity contribution in [2.24, 2.45) is 0 Å². The van der Waals surface area contributed by atoms with Crippen LogP contribution in [0.1, 0.15) is 71.1 Å². The van der Waals surface area contributed by atoms with Crippen molar-refractivity contribution in [2.75, 3.05) is 26.7 Å². The Balaban J connectivity index is 0.00000256. The first-order chi connectivity index (χ1) is 7.77. The average molecular weight is 262 g/mol. The van der Waals surface area contributed by atoms with Gasteiger partial charge in [0.05, 0.1) is 26.7 Å². The van der Waals surface area contributed by atoms with Crippen LogP contribution in [-0.2, 0) is 0 Å². The van der Waals surface area contributed by atoms with E-state index in [9.17, 15) is 0 Å². The Kier molecular flexibility index (Phi) is 10.3. The first-order valence-electron chi connectivity index (χ1n) is 7.60. The highest BCUT2D eigenvalue weighted by Gasteiger charge is 2.23. The van der Waals surface area contributed by atoms with Crippen LogP contribution in [0.3, 0.4) is 0 Å². The van der Waals surface area contributed by atoms with Crippen LogP contribution in [0, 0.1) is 0 Å². The lowest BCUT2D eigenvalue weighted by atomic mass is 10.1. The Morgan fingerprint density at radius 3 is 1.88 bits per heavy atom. The predicted octanol–water partition coefficient (Wildman–Crippen LogP) is 1.37. The van der Waals surface area contributed by atoms with Gasteiger partial charge in [0.2, 0.25) is 0 Å². The molecular weight excluding hydrogens is 230 g/mol. The van der Waals surface area contributed by atoms with Gasteiger partial charge in [-0.05, 0) is 32.1 Å². The summed E-state index contributed by atoms with van der Waals surface area (Å²) in [5, 5.41) is 0. The van der Waals surface area contributed by atoms with Crippen molar-refractivity contribution in [3.05, 3.63) is 0 Å². The van der Waals surface area contributed by atoms with Crippen LogP contribution >= 0.6 is 0 Å². The van der Waals surface area contributed by atoms with Crippen LogP contribution < -0.4 is 12.4 Å². The van der Waals surface area contributed by atoms with Crippen LogP contribution in [0.4, 0.5) is 0 Å². The van der Waals surface area contributed by atoms with E-state index in [2.05, 4.69) is 14.0 Å². The highest BCUT2D eigenvalue weighted by Crippen LogP contribution is 2.18. The summed E-state index contributed by atoms with van der Waals surface area (Å²) in [6.45, 7) is 6.61. The molecule has 1 aliphatic rings. The molecule has 0 aromatic heterocycles. The van der Waals surface area contributed by atoms with E-state index in [1.54, 1.807) is 0 Å². The maximum atomic E-state index is 2.47. The fourth-order valence-corrected chi connectivity index (χ4v) is 2.95. The molecule has 0 unspecified atom stereocenters. The summed E-state index contributed by atoms with van der Waals surface area (Å²) < 4.78 is 1.37. The van der Waals surface area contributed by atoms with E-state index >= 15 is 0 Å². The quantitative estimate of drug-likeness (QED) is 0.457. The summed E-state index contributed by atoms with van der Waals surface area (Å²) in [6, 6.07) is 0. The van der Waals surface area contributed by atoms with E-state index in [1.165, 1.54) is 88.3 Å². The lowest BCUT2D eigenvalue weighted by Crippen LogP contribution is -3.00. The molecule has 0 aromatic rings. The SMILES string of the molecule is CCCCCCCCC[N+]1(C)CCCCC1.[Cl-]. The van der Waals surface area contributed by atoms with Gasteiger partial charge in [-0.1, -0.05) is 39.0 Å². The molecule has 0 radical (unpaired) electrons. The van der Waals surface area contributed by atoms with E-state index in [4.69, 9.17) is 0 Å². The van der Waals surface area contributed by atoms with Gasteiger partial charge < -0.3 is 16.9 Å². The Labute approximate surface area is 115 Å². The Morgan fingerprint density at radius 1 is 0.765 bits per heavy atom. The zero-order valence-corrected chi connectivity index (χ0v) is 12.8. The Hall–Kier alpha value is 0.250. The topological polar surface area (TPSA) is 0 Å². The van der Waals surface area contributed by atoms with Gasteiger partial charge in [0.1, 0.15) is 0 Å². The third kappa shape index (κ3) is 8.05. The minimum atomic E-state index is 0. The monoisotopic (exact) mass is 261 g/mol. The molecule has 0 aliphatic carbocycles. The molecule has 0 amide bonds. The smallest absolute Gasteiger partial charge is 0.0784 e. The van der Waals surface area contributed by atoms with Crippen molar-refractivity contribution in [3.63, 3.8) is 0 Å². The van der Waals surface area contributed by atoms with Gasteiger partial charge in [0, 0.05) is 0 Å². The molecule has 1 heterocycles. The van der Waals surface area contributed by atoms with E-state index in [0.29, 0.717) is 0 Å². The molecule has 17 heavy (non-hydrogen) atoms. The van der Waals surface area contributed by atoms with Crippen molar-refractivity contribution in [2.45, 2.75) is 71.1 Å². The number of hydrogen-bond acceptors (Lipinski definition) is 0. The van der Waals surface area contributed by atoms with Crippen molar-refractivity contribution < 1.29 is 16.9 Å². The van der Waals surface area contributed by atoms with Crippen LogP contribution in [0.25, 0.3) is 0 Å². The average Bonchev–Trinajstić information content (AvgIpc) is 2.29. The summed E-state index contributed by atoms with van der Waals surface area (Å²) in [5.41, 5.74) is 0. The second-order valence-corrected chi connectivity index (χ2v) is 5.97. The highest BCUT2D eigenvalue weighted by molar-refractivity contribution is 4.52.